The van der Waals surface area contributed by atoms with E-state index in [0.29, 0.717) is 0 Å². The SMILES string of the molecule is C=CCc1[nH]cc[n+]1CC=C.[O]=[Al][Cl]. The maximum absolute atomic E-state index is 8.78. The van der Waals surface area contributed by atoms with Crippen molar-refractivity contribution in [3.63, 3.8) is 0 Å². The number of hydrogen-bond acceptors (Lipinski definition) is 1. The number of hydrogen-bond donors (Lipinski definition) is 1. The van der Waals surface area contributed by atoms with Crippen molar-refractivity contribution in [2.45, 2.75) is 13.0 Å². The van der Waals surface area contributed by atoms with Gasteiger partial charge in [0.2, 0.25) is 0 Å². The Balaban J connectivity index is 0.000000500. The van der Waals surface area contributed by atoms with E-state index >= 15 is 0 Å². The molecule has 0 aliphatic rings. The number of aromatic amines is 1. The van der Waals surface area contributed by atoms with Gasteiger partial charge in [0.05, 0.1) is 6.42 Å². The number of H-pyrrole nitrogens is 1. The van der Waals surface area contributed by atoms with Crippen molar-refractivity contribution in [1.29, 1.82) is 0 Å². The summed E-state index contributed by atoms with van der Waals surface area (Å²) >= 11 is -1.03. The Morgan fingerprint density at radius 2 is 2.21 bits per heavy atom. The Morgan fingerprint density at radius 1 is 1.57 bits per heavy atom. The molecule has 0 amide bonds. The number of halogens is 1. The summed E-state index contributed by atoms with van der Waals surface area (Å²) in [5.74, 6) is 1.17. The van der Waals surface area contributed by atoms with Gasteiger partial charge in [0.1, 0.15) is 18.9 Å². The molecular weight excluding hydrogens is 215 g/mol. The molecule has 0 atom stereocenters. The molecule has 1 aromatic heterocycles. The molecule has 0 aliphatic heterocycles. The predicted octanol–water partition coefficient (Wildman–Crippen LogP) is 1.41. The third kappa shape index (κ3) is 5.13. The first-order chi connectivity index (χ1) is 6.79. The molecule has 1 rings (SSSR count). The van der Waals surface area contributed by atoms with E-state index in [-0.39, 0.29) is 0 Å². The van der Waals surface area contributed by atoms with Crippen LogP contribution in [0.4, 0.5) is 0 Å². The van der Waals surface area contributed by atoms with Crippen molar-refractivity contribution in [1.82, 2.24) is 4.98 Å². The van der Waals surface area contributed by atoms with Gasteiger partial charge in [-0.05, 0) is 0 Å². The van der Waals surface area contributed by atoms with Crippen LogP contribution in [-0.2, 0) is 16.8 Å². The van der Waals surface area contributed by atoms with Crippen molar-refractivity contribution in [2.75, 3.05) is 0 Å². The van der Waals surface area contributed by atoms with Crippen LogP contribution >= 0.6 is 10.0 Å². The third-order valence-electron chi connectivity index (χ3n) is 1.51. The zero-order chi connectivity index (χ0) is 10.8. The van der Waals surface area contributed by atoms with Crippen molar-refractivity contribution in [3.05, 3.63) is 43.5 Å². The average Bonchev–Trinajstić information content (AvgIpc) is 2.56. The summed E-state index contributed by atoms with van der Waals surface area (Å²) in [5, 5.41) is 0. The van der Waals surface area contributed by atoms with Crippen LogP contribution in [0.25, 0.3) is 0 Å². The number of aromatic nitrogens is 2. The van der Waals surface area contributed by atoms with Gasteiger partial charge in [-0.1, -0.05) is 18.7 Å². The molecule has 0 spiro atoms. The number of imidazole rings is 1. The zero-order valence-electron chi connectivity index (χ0n) is 7.95. The summed E-state index contributed by atoms with van der Waals surface area (Å²) in [6.07, 6.45) is 8.55. The molecule has 5 heteroatoms. The van der Waals surface area contributed by atoms with Gasteiger partial charge in [0.25, 0.3) is 5.82 Å². The van der Waals surface area contributed by atoms with Crippen LogP contribution in [0.15, 0.2) is 37.7 Å². The van der Waals surface area contributed by atoms with E-state index in [9.17, 15) is 0 Å². The minimum absolute atomic E-state index is 0.854. The molecule has 0 saturated carbocycles. The summed E-state index contributed by atoms with van der Waals surface area (Å²) < 4.78 is 10.9. The van der Waals surface area contributed by atoms with Gasteiger partial charge in [0.15, 0.2) is 0 Å². The molecule has 14 heavy (non-hydrogen) atoms. The number of allylic oxidation sites excluding steroid dienone is 2. The molecule has 0 radical (unpaired) electrons. The van der Waals surface area contributed by atoms with Crippen LogP contribution in [0.2, 0.25) is 0 Å². The van der Waals surface area contributed by atoms with Crippen LogP contribution < -0.4 is 4.57 Å². The summed E-state index contributed by atoms with van der Waals surface area (Å²) in [6.45, 7) is 8.21. The Morgan fingerprint density at radius 3 is 2.71 bits per heavy atom. The molecule has 0 bridgehead atoms. The average molecular weight is 228 g/mol. The monoisotopic (exact) mass is 227 g/mol. The third-order valence-corrected chi connectivity index (χ3v) is 1.51. The summed E-state index contributed by atoms with van der Waals surface area (Å²) in [4.78, 5) is 3.14. The Hall–Kier alpha value is -0.688. The van der Waals surface area contributed by atoms with Crippen molar-refractivity contribution >= 4 is 24.3 Å². The van der Waals surface area contributed by atoms with Gasteiger partial charge in [0, 0.05) is 0 Å². The molecule has 74 valence electrons. The number of nitrogens with zero attached hydrogens (tertiary/aromatic N) is 1. The van der Waals surface area contributed by atoms with Gasteiger partial charge in [-0.3, -0.25) is 0 Å². The van der Waals surface area contributed by atoms with E-state index in [1.807, 2.05) is 24.5 Å². The molecule has 1 heterocycles. The standard InChI is InChI=1S/C9H12N2.Al.ClH.O/c1-3-5-9-10-6-8-11(9)7-4-2;;;/h3-4,6,8H,1-2,5,7H2;;1H;/q;+1;;. The first kappa shape index (κ1) is 13.3. The van der Waals surface area contributed by atoms with E-state index in [4.69, 9.17) is 3.80 Å². The molecule has 1 N–H and O–H groups in total. The Bertz CT molecular complexity index is 274. The Labute approximate surface area is 94.2 Å². The zero-order valence-corrected chi connectivity index (χ0v) is 9.86. The van der Waals surface area contributed by atoms with Crippen LogP contribution in [0, 0.1) is 0 Å². The second-order valence-corrected chi connectivity index (χ2v) is 3.14. The summed E-state index contributed by atoms with van der Waals surface area (Å²) in [6, 6.07) is 0. The van der Waals surface area contributed by atoms with E-state index in [1.54, 1.807) is 0 Å². The van der Waals surface area contributed by atoms with Crippen molar-refractivity contribution in [2.24, 2.45) is 0 Å². The fourth-order valence-corrected chi connectivity index (χ4v) is 1.02. The number of nitrogens with one attached hydrogen (secondary N) is 1. The van der Waals surface area contributed by atoms with E-state index in [2.05, 4.69) is 32.8 Å². The first-order valence-electron chi connectivity index (χ1n) is 4.11. The second-order valence-electron chi connectivity index (χ2n) is 2.43. The van der Waals surface area contributed by atoms with E-state index < -0.39 is 14.2 Å². The predicted molar refractivity (Wildman–Crippen MR) is 57.4 cm³/mol. The molecule has 3 nitrogen and oxygen atoms in total. The Kier molecular flexibility index (Phi) is 8.45. The minimum atomic E-state index is -1.03. The fourth-order valence-electron chi connectivity index (χ4n) is 1.02. The van der Waals surface area contributed by atoms with Gasteiger partial charge in [-0.2, -0.15) is 0 Å². The van der Waals surface area contributed by atoms with Crippen LogP contribution in [-0.4, -0.2) is 19.2 Å². The quantitative estimate of drug-likeness (QED) is 0.471. The molecular formula is C9H13AlClN2O+. The van der Waals surface area contributed by atoms with Gasteiger partial charge >= 0.3 is 28.1 Å². The topological polar surface area (TPSA) is 36.7 Å². The molecule has 0 aliphatic carbocycles. The van der Waals surface area contributed by atoms with Gasteiger partial charge < -0.3 is 0 Å². The maximum atomic E-state index is 8.78. The second kappa shape index (κ2) is 8.89. The van der Waals surface area contributed by atoms with Crippen LogP contribution in [0.1, 0.15) is 5.82 Å². The molecule has 1 aromatic rings. The van der Waals surface area contributed by atoms with E-state index in [0.717, 1.165) is 13.0 Å². The van der Waals surface area contributed by atoms with Crippen molar-refractivity contribution < 1.29 is 8.37 Å². The van der Waals surface area contributed by atoms with Crippen LogP contribution in [0.5, 0.6) is 0 Å². The summed E-state index contributed by atoms with van der Waals surface area (Å²) in [5.41, 5.74) is 0. The first-order valence-corrected chi connectivity index (χ1v) is 6.33. The number of rotatable bonds is 4. The summed E-state index contributed by atoms with van der Waals surface area (Å²) in [7, 11) is 4.53. The normalized spacial score (nSPS) is 8.07. The molecule has 0 fully saturated rings. The van der Waals surface area contributed by atoms with Crippen LogP contribution in [0.3, 0.4) is 0 Å². The molecule has 0 saturated heterocycles. The van der Waals surface area contributed by atoms with Gasteiger partial charge in [-0.15, -0.1) is 6.58 Å². The molecule has 0 unspecified atom stereocenters. The van der Waals surface area contributed by atoms with Gasteiger partial charge in [-0.25, -0.2) is 9.55 Å². The molecule has 0 aromatic carbocycles. The fraction of sp³-hybridized carbons (Fsp3) is 0.222. The van der Waals surface area contributed by atoms with E-state index in [1.165, 1.54) is 5.82 Å². The van der Waals surface area contributed by atoms with Crippen molar-refractivity contribution in [3.8, 4) is 0 Å².